The zero-order valence-electron chi connectivity index (χ0n) is 17.5. The Labute approximate surface area is 192 Å². The third kappa shape index (κ3) is 4.65. The molecular weight excluding hydrogens is 444 g/mol. The van der Waals surface area contributed by atoms with Crippen LogP contribution < -0.4 is 5.32 Å². The predicted molar refractivity (Wildman–Crippen MR) is 129 cm³/mol. The summed E-state index contributed by atoms with van der Waals surface area (Å²) in [5.74, 6) is 0.359. The molecule has 0 saturated heterocycles. The molecular formula is C24H21ClN4O2S. The molecule has 3 aromatic carbocycles. The summed E-state index contributed by atoms with van der Waals surface area (Å²) in [4.78, 5) is 9.06. The van der Waals surface area contributed by atoms with Crippen molar-refractivity contribution in [1.82, 2.24) is 14.3 Å². The molecule has 0 spiro atoms. The van der Waals surface area contributed by atoms with Crippen LogP contribution in [0.15, 0.2) is 90.0 Å². The highest BCUT2D eigenvalue weighted by atomic mass is 35.5. The molecule has 0 aliphatic carbocycles. The van der Waals surface area contributed by atoms with Crippen molar-refractivity contribution in [2.75, 3.05) is 19.4 Å². The fraction of sp³-hybridized carbons (Fsp3) is 0.0833. The Hall–Kier alpha value is -3.26. The average Bonchev–Trinajstić information content (AvgIpc) is 2.81. The number of benzene rings is 3. The third-order valence-electron chi connectivity index (χ3n) is 4.88. The summed E-state index contributed by atoms with van der Waals surface area (Å²) in [5, 5.41) is 3.54. The minimum atomic E-state index is -3.49. The van der Waals surface area contributed by atoms with Gasteiger partial charge in [0, 0.05) is 25.3 Å². The van der Waals surface area contributed by atoms with Gasteiger partial charge in [0.05, 0.1) is 21.8 Å². The van der Waals surface area contributed by atoms with Crippen molar-refractivity contribution in [2.24, 2.45) is 0 Å². The van der Waals surface area contributed by atoms with Gasteiger partial charge in [0.1, 0.15) is 0 Å². The number of sulfonamides is 1. The molecule has 162 valence electrons. The molecule has 0 bridgehead atoms. The fourth-order valence-corrected chi connectivity index (χ4v) is 4.26. The quantitative estimate of drug-likeness (QED) is 0.410. The van der Waals surface area contributed by atoms with Crippen LogP contribution in [0.1, 0.15) is 0 Å². The molecule has 0 atom stereocenters. The summed E-state index contributed by atoms with van der Waals surface area (Å²) in [5.41, 5.74) is 4.30. The molecule has 1 heterocycles. The summed E-state index contributed by atoms with van der Waals surface area (Å²) < 4.78 is 25.6. The number of hydrogen-bond donors (Lipinski definition) is 1. The van der Waals surface area contributed by atoms with Crippen LogP contribution in [0.3, 0.4) is 0 Å². The smallest absolute Gasteiger partial charge is 0.242 e. The van der Waals surface area contributed by atoms with Crippen LogP contribution in [-0.2, 0) is 10.0 Å². The van der Waals surface area contributed by atoms with Crippen LogP contribution in [0.4, 0.5) is 11.6 Å². The second kappa shape index (κ2) is 9.08. The topological polar surface area (TPSA) is 75.2 Å². The van der Waals surface area contributed by atoms with Crippen molar-refractivity contribution in [3.63, 3.8) is 0 Å². The summed E-state index contributed by atoms with van der Waals surface area (Å²) in [6, 6.07) is 24.5. The van der Waals surface area contributed by atoms with Gasteiger partial charge in [-0.3, -0.25) is 0 Å². The molecule has 4 aromatic rings. The van der Waals surface area contributed by atoms with Crippen LogP contribution in [0.5, 0.6) is 0 Å². The summed E-state index contributed by atoms with van der Waals surface area (Å²) in [6.45, 7) is 0. The number of halogens is 1. The second-order valence-electron chi connectivity index (χ2n) is 7.27. The Balaban J connectivity index is 1.62. The predicted octanol–water partition coefficient (Wildman–Crippen LogP) is 5.46. The van der Waals surface area contributed by atoms with E-state index in [4.69, 9.17) is 11.6 Å². The molecule has 0 saturated carbocycles. The highest BCUT2D eigenvalue weighted by Gasteiger charge is 2.17. The summed E-state index contributed by atoms with van der Waals surface area (Å²) in [6.07, 6.45) is 1.55. The van der Waals surface area contributed by atoms with Crippen LogP contribution in [-0.4, -0.2) is 36.8 Å². The Morgan fingerprint density at radius 1 is 0.844 bits per heavy atom. The molecule has 32 heavy (non-hydrogen) atoms. The van der Waals surface area contributed by atoms with Gasteiger partial charge in [-0.05, 0) is 41.5 Å². The van der Waals surface area contributed by atoms with E-state index < -0.39 is 10.0 Å². The standard InChI is InChI=1S/C24H21ClN4O2S/c1-29(2)32(30,31)21-13-11-20(12-14-21)27-24-26-16-22(25)23(28-24)19-10-6-9-18(15-19)17-7-4-3-5-8-17/h3-16H,1-2H3,(H,26,27,28). The minimum absolute atomic E-state index is 0.212. The van der Waals surface area contributed by atoms with Gasteiger partial charge in [-0.25, -0.2) is 22.7 Å². The van der Waals surface area contributed by atoms with Crippen LogP contribution in [0.2, 0.25) is 5.02 Å². The van der Waals surface area contributed by atoms with E-state index in [1.54, 1.807) is 18.3 Å². The lowest BCUT2D eigenvalue weighted by Gasteiger charge is -2.12. The Bertz CT molecular complexity index is 1340. The third-order valence-corrected chi connectivity index (χ3v) is 6.98. The largest absolute Gasteiger partial charge is 0.324 e. The molecule has 6 nitrogen and oxygen atoms in total. The lowest BCUT2D eigenvalue weighted by molar-refractivity contribution is 0.521. The van der Waals surface area contributed by atoms with E-state index in [0.29, 0.717) is 22.4 Å². The Kier molecular flexibility index (Phi) is 6.23. The Morgan fingerprint density at radius 2 is 1.50 bits per heavy atom. The van der Waals surface area contributed by atoms with Crippen LogP contribution in [0, 0.1) is 0 Å². The zero-order valence-corrected chi connectivity index (χ0v) is 19.1. The molecule has 0 fully saturated rings. The SMILES string of the molecule is CN(C)S(=O)(=O)c1ccc(Nc2ncc(Cl)c(-c3cccc(-c4ccccc4)c3)n2)cc1. The van der Waals surface area contributed by atoms with E-state index in [1.807, 2.05) is 54.6 Å². The normalized spacial score (nSPS) is 11.5. The fourth-order valence-electron chi connectivity index (χ4n) is 3.16. The Morgan fingerprint density at radius 3 is 2.19 bits per heavy atom. The van der Waals surface area contributed by atoms with E-state index in [9.17, 15) is 8.42 Å². The molecule has 4 rings (SSSR count). The van der Waals surface area contributed by atoms with E-state index in [-0.39, 0.29) is 4.90 Å². The maximum atomic E-state index is 12.2. The second-order valence-corrected chi connectivity index (χ2v) is 9.83. The lowest BCUT2D eigenvalue weighted by Crippen LogP contribution is -2.22. The number of nitrogens with zero attached hydrogens (tertiary/aromatic N) is 3. The van der Waals surface area contributed by atoms with Gasteiger partial charge >= 0.3 is 0 Å². The monoisotopic (exact) mass is 464 g/mol. The van der Waals surface area contributed by atoms with E-state index >= 15 is 0 Å². The zero-order chi connectivity index (χ0) is 22.7. The van der Waals surface area contributed by atoms with Gasteiger partial charge in [-0.15, -0.1) is 0 Å². The van der Waals surface area contributed by atoms with Crippen molar-refractivity contribution < 1.29 is 8.42 Å². The molecule has 0 unspecified atom stereocenters. The van der Waals surface area contributed by atoms with Gasteiger partial charge < -0.3 is 5.32 Å². The maximum absolute atomic E-state index is 12.2. The van der Waals surface area contributed by atoms with Gasteiger partial charge in [0.2, 0.25) is 16.0 Å². The molecule has 0 radical (unpaired) electrons. The molecule has 0 aliphatic rings. The van der Waals surface area contributed by atoms with Gasteiger partial charge in [0.25, 0.3) is 0 Å². The first-order valence-corrected chi connectivity index (χ1v) is 11.6. The van der Waals surface area contributed by atoms with Gasteiger partial charge in [0.15, 0.2) is 0 Å². The molecule has 1 aromatic heterocycles. The first-order valence-electron chi connectivity index (χ1n) is 9.82. The number of nitrogens with one attached hydrogen (secondary N) is 1. The molecule has 1 N–H and O–H groups in total. The van der Waals surface area contributed by atoms with Crippen molar-refractivity contribution >= 4 is 33.3 Å². The van der Waals surface area contributed by atoms with Crippen molar-refractivity contribution in [3.05, 3.63) is 90.1 Å². The van der Waals surface area contributed by atoms with Gasteiger partial charge in [-0.2, -0.15) is 0 Å². The number of rotatable bonds is 6. The molecule has 0 amide bonds. The number of anilines is 2. The average molecular weight is 465 g/mol. The molecule has 8 heteroatoms. The maximum Gasteiger partial charge on any atom is 0.242 e. The van der Waals surface area contributed by atoms with E-state index in [1.165, 1.54) is 30.5 Å². The number of hydrogen-bond acceptors (Lipinski definition) is 5. The molecule has 0 aliphatic heterocycles. The van der Waals surface area contributed by atoms with Crippen molar-refractivity contribution in [1.29, 1.82) is 0 Å². The highest BCUT2D eigenvalue weighted by molar-refractivity contribution is 7.89. The van der Waals surface area contributed by atoms with Crippen LogP contribution >= 0.6 is 11.6 Å². The van der Waals surface area contributed by atoms with E-state index in [0.717, 1.165) is 16.7 Å². The van der Waals surface area contributed by atoms with Crippen molar-refractivity contribution in [2.45, 2.75) is 4.90 Å². The van der Waals surface area contributed by atoms with Crippen LogP contribution in [0.25, 0.3) is 22.4 Å². The first-order chi connectivity index (χ1) is 15.3. The summed E-state index contributed by atoms with van der Waals surface area (Å²) >= 11 is 6.41. The lowest BCUT2D eigenvalue weighted by atomic mass is 10.0. The highest BCUT2D eigenvalue weighted by Crippen LogP contribution is 2.30. The first kappa shape index (κ1) is 22.0. The summed E-state index contributed by atoms with van der Waals surface area (Å²) in [7, 11) is -0.490. The minimum Gasteiger partial charge on any atom is -0.324 e. The number of aromatic nitrogens is 2. The van der Waals surface area contributed by atoms with Gasteiger partial charge in [-0.1, -0.05) is 60.1 Å². The van der Waals surface area contributed by atoms with Crippen molar-refractivity contribution in [3.8, 4) is 22.4 Å². The van der Waals surface area contributed by atoms with E-state index in [2.05, 4.69) is 15.3 Å².